The number of hydrogen-bond donors (Lipinski definition) is 1. The molecule has 3 rings (SSSR count). The molecule has 0 saturated heterocycles. The minimum absolute atomic E-state index is 0.134. The van der Waals surface area contributed by atoms with E-state index in [-0.39, 0.29) is 17.2 Å². The van der Waals surface area contributed by atoms with Crippen LogP contribution in [-0.4, -0.2) is 26.2 Å². The van der Waals surface area contributed by atoms with Crippen molar-refractivity contribution in [1.82, 2.24) is 19.9 Å². The largest absolute Gasteiger partial charge is 0.351 e. The van der Waals surface area contributed by atoms with Gasteiger partial charge in [-0.15, -0.1) is 6.58 Å². The molecule has 2 heterocycles. The fourth-order valence-electron chi connectivity index (χ4n) is 2.42. The number of halogens is 1. The zero-order chi connectivity index (χ0) is 19.2. The monoisotopic (exact) mass is 400 g/mol. The van der Waals surface area contributed by atoms with Gasteiger partial charge in [-0.2, -0.15) is 0 Å². The number of fused-ring (bicyclic) bond motifs is 1. The van der Waals surface area contributed by atoms with Crippen molar-refractivity contribution in [2.45, 2.75) is 18.2 Å². The molecule has 0 radical (unpaired) electrons. The van der Waals surface area contributed by atoms with Gasteiger partial charge in [0.1, 0.15) is 0 Å². The van der Waals surface area contributed by atoms with E-state index >= 15 is 0 Å². The van der Waals surface area contributed by atoms with E-state index in [2.05, 4.69) is 21.9 Å². The minimum atomic E-state index is -0.197. The highest BCUT2D eigenvalue weighted by atomic mass is 35.5. The third kappa shape index (κ3) is 4.75. The Morgan fingerprint density at radius 1 is 1.30 bits per heavy atom. The summed E-state index contributed by atoms with van der Waals surface area (Å²) in [5.41, 5.74) is 1.12. The summed E-state index contributed by atoms with van der Waals surface area (Å²) < 4.78 is 1.49. The summed E-state index contributed by atoms with van der Waals surface area (Å²) >= 11 is 7.04. The number of benzene rings is 1. The van der Waals surface area contributed by atoms with Gasteiger partial charge in [0.25, 0.3) is 5.56 Å². The number of rotatable bonds is 7. The number of amides is 1. The van der Waals surface area contributed by atoms with E-state index in [1.54, 1.807) is 36.5 Å². The van der Waals surface area contributed by atoms with Crippen LogP contribution in [0.25, 0.3) is 11.0 Å². The Balaban J connectivity index is 1.71. The van der Waals surface area contributed by atoms with E-state index in [1.807, 2.05) is 12.1 Å². The average Bonchev–Trinajstić information content (AvgIpc) is 2.68. The summed E-state index contributed by atoms with van der Waals surface area (Å²) in [6.45, 7) is 4.40. The Hall–Kier alpha value is -2.64. The molecule has 0 spiro atoms. The van der Waals surface area contributed by atoms with Crippen LogP contribution in [0.5, 0.6) is 0 Å². The van der Waals surface area contributed by atoms with Crippen LogP contribution in [0.4, 0.5) is 0 Å². The number of nitrogens with zero attached hydrogens (tertiary/aromatic N) is 3. The van der Waals surface area contributed by atoms with Gasteiger partial charge in [-0.05, 0) is 29.8 Å². The molecule has 138 valence electrons. The molecule has 0 fully saturated rings. The van der Waals surface area contributed by atoms with Crippen LogP contribution in [0, 0.1) is 0 Å². The van der Waals surface area contributed by atoms with E-state index < -0.39 is 0 Å². The van der Waals surface area contributed by atoms with E-state index in [9.17, 15) is 9.59 Å². The van der Waals surface area contributed by atoms with Gasteiger partial charge in [0.05, 0.1) is 11.1 Å². The molecular formula is C19H17ClN4O2S. The Labute approximate surface area is 165 Å². The Morgan fingerprint density at radius 2 is 2.07 bits per heavy atom. The summed E-state index contributed by atoms with van der Waals surface area (Å²) in [5.74, 6) is -0.0225. The lowest BCUT2D eigenvalue weighted by atomic mass is 10.2. The molecule has 6 nitrogen and oxygen atoms in total. The van der Waals surface area contributed by atoms with E-state index in [1.165, 1.54) is 16.3 Å². The second-order valence-electron chi connectivity index (χ2n) is 5.67. The van der Waals surface area contributed by atoms with Crippen LogP contribution in [0.15, 0.2) is 65.2 Å². The molecule has 2 aromatic heterocycles. The first kappa shape index (κ1) is 19.1. The molecule has 0 atom stereocenters. The highest BCUT2D eigenvalue weighted by Gasteiger charge is 2.13. The van der Waals surface area contributed by atoms with Gasteiger partial charge in [0, 0.05) is 24.3 Å². The third-order valence-electron chi connectivity index (χ3n) is 3.74. The smallest absolute Gasteiger partial charge is 0.263 e. The number of carbonyl (C=O) groups excluding carboxylic acids is 1. The number of thioether (sulfide) groups is 1. The van der Waals surface area contributed by atoms with Crippen LogP contribution in [0.3, 0.4) is 0 Å². The highest BCUT2D eigenvalue weighted by Crippen LogP contribution is 2.17. The van der Waals surface area contributed by atoms with Gasteiger partial charge in [-0.3, -0.25) is 14.2 Å². The van der Waals surface area contributed by atoms with Crippen molar-refractivity contribution < 1.29 is 4.79 Å². The zero-order valence-electron chi connectivity index (χ0n) is 14.4. The lowest BCUT2D eigenvalue weighted by Crippen LogP contribution is -2.26. The van der Waals surface area contributed by atoms with Crippen LogP contribution < -0.4 is 10.9 Å². The molecular weight excluding hydrogens is 384 g/mol. The van der Waals surface area contributed by atoms with Crippen molar-refractivity contribution >= 4 is 40.3 Å². The van der Waals surface area contributed by atoms with Crippen molar-refractivity contribution in [3.8, 4) is 0 Å². The number of carbonyl (C=O) groups is 1. The number of allylic oxidation sites excluding steroid dienone is 1. The van der Waals surface area contributed by atoms with E-state index in [4.69, 9.17) is 11.6 Å². The average molecular weight is 401 g/mol. The normalized spacial score (nSPS) is 10.7. The fourth-order valence-corrected chi connectivity index (χ4v) is 3.37. The topological polar surface area (TPSA) is 76.9 Å². The molecule has 0 saturated carbocycles. The molecule has 0 aliphatic carbocycles. The number of pyridine rings is 1. The molecule has 1 aromatic carbocycles. The maximum atomic E-state index is 12.6. The van der Waals surface area contributed by atoms with Crippen molar-refractivity contribution in [2.24, 2.45) is 0 Å². The second-order valence-corrected chi connectivity index (χ2v) is 7.04. The third-order valence-corrected chi connectivity index (χ3v) is 4.97. The van der Waals surface area contributed by atoms with Crippen LogP contribution in [-0.2, 0) is 17.9 Å². The molecule has 1 amide bonds. The lowest BCUT2D eigenvalue weighted by molar-refractivity contribution is -0.118. The van der Waals surface area contributed by atoms with Crippen molar-refractivity contribution in [3.63, 3.8) is 0 Å². The van der Waals surface area contributed by atoms with Crippen molar-refractivity contribution in [1.29, 1.82) is 0 Å². The first-order valence-electron chi connectivity index (χ1n) is 8.19. The Kier molecular flexibility index (Phi) is 6.26. The lowest BCUT2D eigenvalue weighted by Gasteiger charge is -2.11. The molecule has 1 N–H and O–H groups in total. The van der Waals surface area contributed by atoms with Gasteiger partial charge in [-0.25, -0.2) is 9.97 Å². The molecule has 3 aromatic rings. The highest BCUT2D eigenvalue weighted by molar-refractivity contribution is 7.99. The van der Waals surface area contributed by atoms with Gasteiger partial charge in [0.2, 0.25) is 5.91 Å². The fraction of sp³-hybridized carbons (Fsp3) is 0.158. The molecule has 0 aliphatic rings. The predicted octanol–water partition coefficient (Wildman–Crippen LogP) is 3.04. The van der Waals surface area contributed by atoms with Crippen LogP contribution in [0.2, 0.25) is 5.02 Å². The molecule has 0 bridgehead atoms. The molecule has 27 heavy (non-hydrogen) atoms. The predicted molar refractivity (Wildman–Crippen MR) is 108 cm³/mol. The summed E-state index contributed by atoms with van der Waals surface area (Å²) in [6.07, 6.45) is 3.20. The van der Waals surface area contributed by atoms with Gasteiger partial charge >= 0.3 is 0 Å². The summed E-state index contributed by atoms with van der Waals surface area (Å²) in [6, 6.07) is 10.6. The zero-order valence-corrected chi connectivity index (χ0v) is 16.0. The van der Waals surface area contributed by atoms with Crippen molar-refractivity contribution in [2.75, 3.05) is 5.75 Å². The molecule has 8 heteroatoms. The molecule has 0 aliphatic heterocycles. The number of nitrogens with one attached hydrogen (secondary N) is 1. The number of hydrogen-bond acceptors (Lipinski definition) is 5. The Morgan fingerprint density at radius 3 is 2.81 bits per heavy atom. The maximum absolute atomic E-state index is 12.6. The minimum Gasteiger partial charge on any atom is -0.351 e. The van der Waals surface area contributed by atoms with E-state index in [0.29, 0.717) is 34.3 Å². The maximum Gasteiger partial charge on any atom is 0.263 e. The first-order chi connectivity index (χ1) is 13.1. The van der Waals surface area contributed by atoms with Crippen LogP contribution >= 0.6 is 23.4 Å². The van der Waals surface area contributed by atoms with Gasteiger partial charge in [-0.1, -0.05) is 41.6 Å². The van der Waals surface area contributed by atoms with Crippen LogP contribution in [0.1, 0.15) is 5.56 Å². The van der Waals surface area contributed by atoms with Gasteiger partial charge in [0.15, 0.2) is 10.8 Å². The quantitative estimate of drug-likeness (QED) is 0.374. The Bertz CT molecular complexity index is 1030. The summed E-state index contributed by atoms with van der Waals surface area (Å²) in [5, 5.41) is 4.37. The van der Waals surface area contributed by atoms with Crippen molar-refractivity contribution in [3.05, 3.63) is 76.2 Å². The summed E-state index contributed by atoms with van der Waals surface area (Å²) in [4.78, 5) is 33.4. The van der Waals surface area contributed by atoms with E-state index in [0.717, 1.165) is 5.56 Å². The summed E-state index contributed by atoms with van der Waals surface area (Å²) in [7, 11) is 0. The first-order valence-corrected chi connectivity index (χ1v) is 9.55. The second kappa shape index (κ2) is 8.83. The van der Waals surface area contributed by atoms with Gasteiger partial charge < -0.3 is 5.32 Å². The number of aromatic nitrogens is 3. The molecule has 0 unspecified atom stereocenters. The SMILES string of the molecule is C=CCn1c(SCC(=O)NCc2ccc(Cl)cc2)nc2ncccc2c1=O. The standard InChI is InChI=1S/C19H17ClN4O2S/c1-2-10-24-18(26)15-4-3-9-21-17(15)23-19(24)27-12-16(25)22-11-13-5-7-14(20)8-6-13/h2-9H,1,10-12H2,(H,22,25).